The van der Waals surface area contributed by atoms with E-state index in [1.165, 1.54) is 18.2 Å². The third kappa shape index (κ3) is 6.41. The van der Waals surface area contributed by atoms with E-state index in [9.17, 15) is 19.1 Å². The minimum Gasteiger partial charge on any atom is -0.497 e. The van der Waals surface area contributed by atoms with Crippen LogP contribution in [0.3, 0.4) is 0 Å². The van der Waals surface area contributed by atoms with Crippen molar-refractivity contribution in [2.24, 2.45) is 0 Å². The van der Waals surface area contributed by atoms with Crippen molar-refractivity contribution in [3.8, 4) is 5.75 Å². The number of aliphatic hydroxyl groups excluding tert-OH is 1. The maximum Gasteiger partial charge on any atom is 0.319 e. The zero-order valence-electron chi connectivity index (χ0n) is 17.8. The topological polar surface area (TPSA) is 109 Å². The largest absolute Gasteiger partial charge is 0.497 e. The van der Waals surface area contributed by atoms with Crippen molar-refractivity contribution in [1.82, 2.24) is 10.6 Å². The van der Waals surface area contributed by atoms with Crippen molar-refractivity contribution in [2.75, 3.05) is 25.6 Å². The molecular weight excluding hydrogens is 417 g/mol. The molecule has 3 rings (SSSR count). The lowest BCUT2D eigenvalue weighted by molar-refractivity contribution is -0.0886. The van der Waals surface area contributed by atoms with Crippen molar-refractivity contribution in [3.63, 3.8) is 0 Å². The maximum atomic E-state index is 13.7. The van der Waals surface area contributed by atoms with Crippen LogP contribution in [0.1, 0.15) is 29.6 Å². The number of halogens is 1. The van der Waals surface area contributed by atoms with Crippen LogP contribution in [0.15, 0.2) is 48.5 Å². The molecule has 2 aromatic rings. The number of benzene rings is 2. The first-order chi connectivity index (χ1) is 15.5. The third-order valence-corrected chi connectivity index (χ3v) is 5.33. The second-order valence-corrected chi connectivity index (χ2v) is 7.51. The lowest BCUT2D eigenvalue weighted by Gasteiger charge is -2.36. The summed E-state index contributed by atoms with van der Waals surface area (Å²) in [6, 6.07) is 12.0. The number of carbonyl (C=O) groups excluding carboxylic acids is 2. The monoisotopic (exact) mass is 445 g/mol. The van der Waals surface area contributed by atoms with Gasteiger partial charge in [-0.2, -0.15) is 0 Å². The number of hydrogen-bond acceptors (Lipinski definition) is 5. The molecule has 0 unspecified atom stereocenters. The van der Waals surface area contributed by atoms with Crippen LogP contribution in [-0.2, 0) is 4.74 Å². The van der Waals surface area contributed by atoms with Crippen molar-refractivity contribution >= 4 is 17.6 Å². The summed E-state index contributed by atoms with van der Waals surface area (Å²) in [6.07, 6.45) is 1.04. The van der Waals surface area contributed by atoms with Gasteiger partial charge >= 0.3 is 6.03 Å². The van der Waals surface area contributed by atoms with Gasteiger partial charge in [0.15, 0.2) is 0 Å². The van der Waals surface area contributed by atoms with Crippen LogP contribution in [0.4, 0.5) is 14.9 Å². The molecular formula is C23H28FN3O5. The van der Waals surface area contributed by atoms with Crippen molar-refractivity contribution in [3.05, 3.63) is 59.9 Å². The molecule has 0 radical (unpaired) electrons. The number of hydrogen-bond donors (Lipinski definition) is 4. The van der Waals surface area contributed by atoms with E-state index in [4.69, 9.17) is 9.47 Å². The first-order valence-electron chi connectivity index (χ1n) is 10.5. The van der Waals surface area contributed by atoms with Crippen molar-refractivity contribution < 1.29 is 28.6 Å². The first kappa shape index (κ1) is 23.5. The summed E-state index contributed by atoms with van der Waals surface area (Å²) < 4.78 is 24.7. The highest BCUT2D eigenvalue weighted by molar-refractivity contribution is 5.94. The highest BCUT2D eigenvalue weighted by atomic mass is 19.1. The minimum absolute atomic E-state index is 0.00238. The molecule has 0 spiro atoms. The van der Waals surface area contributed by atoms with E-state index in [2.05, 4.69) is 16.0 Å². The molecule has 1 fully saturated rings. The number of ether oxygens (including phenoxy) is 2. The van der Waals surface area contributed by atoms with Gasteiger partial charge in [-0.3, -0.25) is 4.79 Å². The summed E-state index contributed by atoms with van der Waals surface area (Å²) >= 11 is 0. The number of aliphatic hydroxyl groups is 1. The zero-order valence-corrected chi connectivity index (χ0v) is 17.8. The van der Waals surface area contributed by atoms with E-state index in [1.54, 1.807) is 37.4 Å². The fourth-order valence-corrected chi connectivity index (χ4v) is 3.61. The quantitative estimate of drug-likeness (QED) is 0.500. The van der Waals surface area contributed by atoms with Crippen LogP contribution in [-0.4, -0.2) is 55.6 Å². The Morgan fingerprint density at radius 1 is 1.16 bits per heavy atom. The molecule has 0 bridgehead atoms. The normalized spacial score (nSPS) is 20.3. The summed E-state index contributed by atoms with van der Waals surface area (Å²) in [5, 5.41) is 18.0. The predicted octanol–water partition coefficient (Wildman–Crippen LogP) is 2.68. The maximum absolute atomic E-state index is 13.7. The standard InChI is InChI=1S/C23H28FN3O5/c1-31-16-8-6-15(7-9-16)26-23(30)27-20-11-10-17(32-21(20)14-28)12-13-25-22(29)18-4-2-3-5-19(18)24/h2-9,17,20-21,28H,10-14H2,1H3,(H,25,29)(H2,26,27,30)/t17-,20+,21-/m1/s1. The van der Waals surface area contributed by atoms with Gasteiger partial charge in [0.2, 0.25) is 0 Å². The Bertz CT molecular complexity index is 909. The average Bonchev–Trinajstić information content (AvgIpc) is 2.80. The average molecular weight is 445 g/mol. The molecule has 0 aliphatic carbocycles. The molecule has 172 valence electrons. The second-order valence-electron chi connectivity index (χ2n) is 7.51. The van der Waals surface area contributed by atoms with Crippen LogP contribution < -0.4 is 20.7 Å². The van der Waals surface area contributed by atoms with Crippen molar-refractivity contribution in [2.45, 2.75) is 37.5 Å². The smallest absolute Gasteiger partial charge is 0.319 e. The van der Waals surface area contributed by atoms with E-state index in [0.29, 0.717) is 37.2 Å². The molecule has 3 amide bonds. The molecule has 1 heterocycles. The second kappa shape index (κ2) is 11.4. The summed E-state index contributed by atoms with van der Waals surface area (Å²) in [5.41, 5.74) is 0.612. The summed E-state index contributed by atoms with van der Waals surface area (Å²) in [6.45, 7) is 0.0671. The Morgan fingerprint density at radius 3 is 2.59 bits per heavy atom. The molecule has 1 saturated heterocycles. The number of nitrogens with one attached hydrogen (secondary N) is 3. The van der Waals surface area contributed by atoms with Gasteiger partial charge in [-0.25, -0.2) is 9.18 Å². The van der Waals surface area contributed by atoms with Gasteiger partial charge in [0.1, 0.15) is 17.7 Å². The number of amides is 3. The van der Waals surface area contributed by atoms with E-state index in [-0.39, 0.29) is 24.3 Å². The van der Waals surface area contributed by atoms with Crippen LogP contribution in [0.2, 0.25) is 0 Å². The van der Waals surface area contributed by atoms with Gasteiger partial charge in [-0.1, -0.05) is 12.1 Å². The number of anilines is 1. The van der Waals surface area contributed by atoms with Crippen LogP contribution in [0, 0.1) is 5.82 Å². The SMILES string of the molecule is COc1ccc(NC(=O)N[C@H]2CC[C@H](CCNC(=O)c3ccccc3F)O[C@@H]2CO)cc1. The molecule has 1 aliphatic heterocycles. The van der Waals surface area contributed by atoms with Gasteiger partial charge in [-0.05, 0) is 55.7 Å². The minimum atomic E-state index is -0.568. The molecule has 1 aliphatic rings. The predicted molar refractivity (Wildman–Crippen MR) is 117 cm³/mol. The van der Waals surface area contributed by atoms with E-state index in [1.807, 2.05) is 0 Å². The molecule has 2 aromatic carbocycles. The molecule has 4 N–H and O–H groups in total. The molecule has 0 aromatic heterocycles. The van der Waals surface area contributed by atoms with E-state index in [0.717, 1.165) is 0 Å². The first-order valence-corrected chi connectivity index (χ1v) is 10.5. The van der Waals surface area contributed by atoms with E-state index >= 15 is 0 Å². The molecule has 9 heteroatoms. The van der Waals surface area contributed by atoms with Crippen LogP contribution in [0.5, 0.6) is 5.75 Å². The lowest BCUT2D eigenvalue weighted by atomic mass is 9.97. The van der Waals surface area contributed by atoms with Crippen LogP contribution >= 0.6 is 0 Å². The Hall–Kier alpha value is -3.17. The van der Waals surface area contributed by atoms with Gasteiger partial charge in [0, 0.05) is 12.2 Å². The zero-order chi connectivity index (χ0) is 22.9. The lowest BCUT2D eigenvalue weighted by Crippen LogP contribution is -2.52. The summed E-state index contributed by atoms with van der Waals surface area (Å²) in [4.78, 5) is 24.4. The number of urea groups is 1. The third-order valence-electron chi connectivity index (χ3n) is 5.33. The van der Waals surface area contributed by atoms with Crippen LogP contribution in [0.25, 0.3) is 0 Å². The molecule has 8 nitrogen and oxygen atoms in total. The Balaban J connectivity index is 1.43. The Morgan fingerprint density at radius 2 is 1.91 bits per heavy atom. The summed E-state index contributed by atoms with van der Waals surface area (Å²) in [7, 11) is 1.57. The van der Waals surface area contributed by atoms with Crippen molar-refractivity contribution in [1.29, 1.82) is 0 Å². The Kier molecular flexibility index (Phi) is 8.41. The van der Waals surface area contributed by atoms with Gasteiger partial charge < -0.3 is 30.5 Å². The Labute approximate surface area is 186 Å². The molecule has 3 atom stereocenters. The fourth-order valence-electron chi connectivity index (χ4n) is 3.61. The molecule has 0 saturated carbocycles. The number of rotatable bonds is 8. The van der Waals surface area contributed by atoms with Gasteiger partial charge in [0.05, 0.1) is 31.4 Å². The fraction of sp³-hybridized carbons (Fsp3) is 0.391. The highest BCUT2D eigenvalue weighted by Crippen LogP contribution is 2.22. The number of carbonyl (C=O) groups is 2. The number of methoxy groups -OCH3 is 1. The van der Waals surface area contributed by atoms with E-state index < -0.39 is 23.9 Å². The summed E-state index contributed by atoms with van der Waals surface area (Å²) in [5.74, 6) is -0.360. The van der Waals surface area contributed by atoms with Gasteiger partial charge in [0.25, 0.3) is 5.91 Å². The molecule has 32 heavy (non-hydrogen) atoms. The highest BCUT2D eigenvalue weighted by Gasteiger charge is 2.31. The van der Waals surface area contributed by atoms with Gasteiger partial charge in [-0.15, -0.1) is 0 Å².